The molecule has 1 aromatic carbocycles. The maximum Gasteiger partial charge on any atom is 0.0240 e. The summed E-state index contributed by atoms with van der Waals surface area (Å²) < 4.78 is 0. The SMILES string of the molecule is C[C@H]1CNC[C@H](C)N1Cc1ccccc1. The standard InChI is InChI=1S/C13H20N2/c1-11-8-14-9-12(2)15(11)10-13-6-4-3-5-7-13/h3-7,11-12,14H,8-10H2,1-2H3/t11-,12-/m0/s1. The van der Waals surface area contributed by atoms with E-state index in [1.54, 1.807) is 0 Å². The van der Waals surface area contributed by atoms with Gasteiger partial charge in [-0.25, -0.2) is 0 Å². The van der Waals surface area contributed by atoms with E-state index in [2.05, 4.69) is 54.4 Å². The molecule has 2 nitrogen and oxygen atoms in total. The average Bonchev–Trinajstić information content (AvgIpc) is 2.25. The Morgan fingerprint density at radius 1 is 1.13 bits per heavy atom. The summed E-state index contributed by atoms with van der Waals surface area (Å²) in [6.45, 7) is 7.89. The van der Waals surface area contributed by atoms with Crippen molar-refractivity contribution in [1.82, 2.24) is 10.2 Å². The molecule has 15 heavy (non-hydrogen) atoms. The van der Waals surface area contributed by atoms with Crippen molar-refractivity contribution in [1.29, 1.82) is 0 Å². The van der Waals surface area contributed by atoms with E-state index >= 15 is 0 Å². The van der Waals surface area contributed by atoms with Crippen LogP contribution in [0.15, 0.2) is 30.3 Å². The zero-order chi connectivity index (χ0) is 10.7. The lowest BCUT2D eigenvalue weighted by Gasteiger charge is -2.39. The number of hydrogen-bond donors (Lipinski definition) is 1. The molecular formula is C13H20N2. The zero-order valence-electron chi connectivity index (χ0n) is 9.61. The van der Waals surface area contributed by atoms with E-state index in [0.717, 1.165) is 19.6 Å². The van der Waals surface area contributed by atoms with E-state index < -0.39 is 0 Å². The minimum absolute atomic E-state index is 0.633. The first-order chi connectivity index (χ1) is 7.27. The zero-order valence-corrected chi connectivity index (χ0v) is 9.61. The number of piperazine rings is 1. The van der Waals surface area contributed by atoms with E-state index in [-0.39, 0.29) is 0 Å². The minimum Gasteiger partial charge on any atom is -0.314 e. The molecule has 2 atom stereocenters. The molecule has 0 radical (unpaired) electrons. The quantitative estimate of drug-likeness (QED) is 0.791. The van der Waals surface area contributed by atoms with Crippen molar-refractivity contribution >= 4 is 0 Å². The van der Waals surface area contributed by atoms with Crippen LogP contribution in [0.5, 0.6) is 0 Å². The maximum atomic E-state index is 3.46. The van der Waals surface area contributed by atoms with Gasteiger partial charge in [0.25, 0.3) is 0 Å². The lowest BCUT2D eigenvalue weighted by atomic mass is 10.1. The number of nitrogens with one attached hydrogen (secondary N) is 1. The van der Waals surface area contributed by atoms with Crippen molar-refractivity contribution in [2.45, 2.75) is 32.5 Å². The Hall–Kier alpha value is -0.860. The van der Waals surface area contributed by atoms with Gasteiger partial charge in [-0.3, -0.25) is 4.90 Å². The highest BCUT2D eigenvalue weighted by Crippen LogP contribution is 2.14. The van der Waals surface area contributed by atoms with Gasteiger partial charge in [-0.05, 0) is 19.4 Å². The molecule has 2 rings (SSSR count). The summed E-state index contributed by atoms with van der Waals surface area (Å²) in [6.07, 6.45) is 0. The molecule has 1 fully saturated rings. The fourth-order valence-electron chi connectivity index (χ4n) is 2.28. The molecule has 0 aliphatic carbocycles. The second kappa shape index (κ2) is 4.77. The third kappa shape index (κ3) is 2.58. The van der Waals surface area contributed by atoms with E-state index in [1.807, 2.05) is 0 Å². The third-order valence-electron chi connectivity index (χ3n) is 3.22. The minimum atomic E-state index is 0.633. The van der Waals surface area contributed by atoms with Crippen LogP contribution < -0.4 is 5.32 Å². The van der Waals surface area contributed by atoms with Crippen LogP contribution in [0.3, 0.4) is 0 Å². The van der Waals surface area contributed by atoms with Gasteiger partial charge in [-0.15, -0.1) is 0 Å². The first-order valence-electron chi connectivity index (χ1n) is 5.78. The van der Waals surface area contributed by atoms with Gasteiger partial charge < -0.3 is 5.32 Å². The van der Waals surface area contributed by atoms with E-state index in [1.165, 1.54) is 5.56 Å². The molecule has 1 aliphatic heterocycles. The maximum absolute atomic E-state index is 3.46. The highest BCUT2D eigenvalue weighted by molar-refractivity contribution is 5.14. The van der Waals surface area contributed by atoms with Gasteiger partial charge in [-0.2, -0.15) is 0 Å². The highest BCUT2D eigenvalue weighted by atomic mass is 15.2. The van der Waals surface area contributed by atoms with Crippen molar-refractivity contribution in [3.63, 3.8) is 0 Å². The molecular weight excluding hydrogens is 184 g/mol. The summed E-state index contributed by atoms with van der Waals surface area (Å²) in [5, 5.41) is 3.46. The number of benzene rings is 1. The number of hydrogen-bond acceptors (Lipinski definition) is 2. The summed E-state index contributed by atoms with van der Waals surface area (Å²) in [7, 11) is 0. The second-order valence-electron chi connectivity index (χ2n) is 4.51. The van der Waals surface area contributed by atoms with Crippen LogP contribution >= 0.6 is 0 Å². The fraction of sp³-hybridized carbons (Fsp3) is 0.538. The Kier molecular flexibility index (Phi) is 3.39. The molecule has 0 saturated carbocycles. The Bertz CT molecular complexity index is 287. The lowest BCUT2D eigenvalue weighted by molar-refractivity contribution is 0.109. The number of rotatable bonds is 2. The van der Waals surface area contributed by atoms with Gasteiger partial charge in [0.1, 0.15) is 0 Å². The molecule has 1 N–H and O–H groups in total. The van der Waals surface area contributed by atoms with E-state index in [9.17, 15) is 0 Å². The van der Waals surface area contributed by atoms with Crippen LogP contribution in [0.1, 0.15) is 19.4 Å². The topological polar surface area (TPSA) is 15.3 Å². The second-order valence-corrected chi connectivity index (χ2v) is 4.51. The van der Waals surface area contributed by atoms with Crippen LogP contribution in [0.2, 0.25) is 0 Å². The van der Waals surface area contributed by atoms with Gasteiger partial charge in [-0.1, -0.05) is 30.3 Å². The first kappa shape index (κ1) is 10.7. The van der Waals surface area contributed by atoms with Gasteiger partial charge in [0, 0.05) is 31.7 Å². The molecule has 82 valence electrons. The van der Waals surface area contributed by atoms with Gasteiger partial charge >= 0.3 is 0 Å². The summed E-state index contributed by atoms with van der Waals surface area (Å²) in [6, 6.07) is 12.0. The molecule has 0 aromatic heterocycles. The Morgan fingerprint density at radius 2 is 1.73 bits per heavy atom. The molecule has 1 aromatic rings. The molecule has 0 amide bonds. The third-order valence-corrected chi connectivity index (χ3v) is 3.22. The lowest BCUT2D eigenvalue weighted by Crippen LogP contribution is -2.54. The highest BCUT2D eigenvalue weighted by Gasteiger charge is 2.23. The fourth-order valence-corrected chi connectivity index (χ4v) is 2.28. The molecule has 2 heteroatoms. The van der Waals surface area contributed by atoms with E-state index in [4.69, 9.17) is 0 Å². The smallest absolute Gasteiger partial charge is 0.0240 e. The van der Waals surface area contributed by atoms with Crippen LogP contribution in [0.4, 0.5) is 0 Å². The van der Waals surface area contributed by atoms with Crippen LogP contribution in [0, 0.1) is 0 Å². The molecule has 1 heterocycles. The van der Waals surface area contributed by atoms with Crippen molar-refractivity contribution in [2.75, 3.05) is 13.1 Å². The van der Waals surface area contributed by atoms with Gasteiger partial charge in [0.15, 0.2) is 0 Å². The Morgan fingerprint density at radius 3 is 2.33 bits per heavy atom. The largest absolute Gasteiger partial charge is 0.314 e. The summed E-state index contributed by atoms with van der Waals surface area (Å²) in [5.41, 5.74) is 1.41. The van der Waals surface area contributed by atoms with Crippen molar-refractivity contribution < 1.29 is 0 Å². The first-order valence-corrected chi connectivity index (χ1v) is 5.78. The van der Waals surface area contributed by atoms with Crippen LogP contribution in [-0.4, -0.2) is 30.1 Å². The Labute approximate surface area is 92.3 Å². The van der Waals surface area contributed by atoms with Crippen LogP contribution in [-0.2, 0) is 6.54 Å². The van der Waals surface area contributed by atoms with E-state index in [0.29, 0.717) is 12.1 Å². The summed E-state index contributed by atoms with van der Waals surface area (Å²) in [5.74, 6) is 0. The molecule has 0 unspecified atom stereocenters. The van der Waals surface area contributed by atoms with Gasteiger partial charge in [0.05, 0.1) is 0 Å². The Balaban J connectivity index is 2.03. The molecule has 0 bridgehead atoms. The van der Waals surface area contributed by atoms with Gasteiger partial charge in [0.2, 0.25) is 0 Å². The normalized spacial score (nSPS) is 27.9. The predicted octanol–water partition coefficient (Wildman–Crippen LogP) is 1.87. The summed E-state index contributed by atoms with van der Waals surface area (Å²) in [4.78, 5) is 2.58. The molecule has 1 saturated heterocycles. The monoisotopic (exact) mass is 204 g/mol. The average molecular weight is 204 g/mol. The number of nitrogens with zero attached hydrogens (tertiary/aromatic N) is 1. The summed E-state index contributed by atoms with van der Waals surface area (Å²) >= 11 is 0. The van der Waals surface area contributed by atoms with Crippen molar-refractivity contribution in [3.05, 3.63) is 35.9 Å². The van der Waals surface area contributed by atoms with Crippen molar-refractivity contribution in [2.24, 2.45) is 0 Å². The van der Waals surface area contributed by atoms with Crippen LogP contribution in [0.25, 0.3) is 0 Å². The van der Waals surface area contributed by atoms with Crippen molar-refractivity contribution in [3.8, 4) is 0 Å². The molecule has 0 spiro atoms. The predicted molar refractivity (Wildman–Crippen MR) is 63.8 cm³/mol. The molecule has 1 aliphatic rings.